The zero-order valence-corrected chi connectivity index (χ0v) is 17.9. The number of carbonyl (C=O) groups is 4. The van der Waals surface area contributed by atoms with Gasteiger partial charge in [-0.3, -0.25) is 14.5 Å². The average molecular weight is 452 g/mol. The molecule has 0 bridgehead atoms. The number of rotatable bonds is 6. The highest BCUT2D eigenvalue weighted by molar-refractivity contribution is 8.00. The van der Waals surface area contributed by atoms with E-state index >= 15 is 0 Å². The fraction of sp³-hybridized carbons (Fsp3) is 0.217. The number of benzene rings is 2. The molecule has 2 aromatic carbocycles. The third kappa shape index (κ3) is 3.99. The van der Waals surface area contributed by atoms with Crippen molar-refractivity contribution >= 4 is 35.5 Å². The van der Waals surface area contributed by atoms with Crippen LogP contribution in [0.15, 0.2) is 71.9 Å². The van der Waals surface area contributed by atoms with Gasteiger partial charge in [-0.1, -0.05) is 60.7 Å². The van der Waals surface area contributed by atoms with Crippen LogP contribution >= 0.6 is 11.8 Å². The molecule has 2 aliphatic rings. The number of amides is 2. The van der Waals surface area contributed by atoms with Gasteiger partial charge in [0.25, 0.3) is 5.91 Å². The largest absolute Gasteiger partial charge is 0.478 e. The maximum atomic E-state index is 13.3. The first-order valence-corrected chi connectivity index (χ1v) is 10.9. The Morgan fingerprint density at radius 3 is 2.12 bits per heavy atom. The van der Waals surface area contributed by atoms with Crippen molar-refractivity contribution in [3.63, 3.8) is 0 Å². The molecular formula is C23H20N2O6S. The third-order valence-electron chi connectivity index (χ3n) is 5.21. The molecule has 32 heavy (non-hydrogen) atoms. The number of β-lactam (4-membered cyclic amide) rings is 1. The molecule has 1 unspecified atom stereocenters. The highest BCUT2D eigenvalue weighted by atomic mass is 32.2. The molecule has 2 N–H and O–H groups in total. The van der Waals surface area contributed by atoms with Crippen molar-refractivity contribution in [2.45, 2.75) is 24.4 Å². The van der Waals surface area contributed by atoms with E-state index in [1.165, 1.54) is 18.7 Å². The topological polar surface area (TPSA) is 113 Å². The summed E-state index contributed by atoms with van der Waals surface area (Å²) in [5.74, 6) is -3.12. The lowest BCUT2D eigenvalue weighted by Gasteiger charge is -2.49. The number of carboxylic acid groups (broad SMARTS) is 1. The van der Waals surface area contributed by atoms with E-state index in [1.54, 1.807) is 24.3 Å². The summed E-state index contributed by atoms with van der Waals surface area (Å²) in [7, 11) is 0. The highest BCUT2D eigenvalue weighted by Crippen LogP contribution is 2.41. The number of hydrogen-bond donors (Lipinski definition) is 2. The van der Waals surface area contributed by atoms with Crippen LogP contribution in [0.25, 0.3) is 0 Å². The molecule has 0 saturated carbocycles. The Bertz CT molecular complexity index is 1060. The Balaban J connectivity index is 1.68. The van der Waals surface area contributed by atoms with Crippen LogP contribution in [0.3, 0.4) is 0 Å². The summed E-state index contributed by atoms with van der Waals surface area (Å²) in [4.78, 5) is 50.4. The van der Waals surface area contributed by atoms with Gasteiger partial charge in [0.2, 0.25) is 5.91 Å². The van der Waals surface area contributed by atoms with Gasteiger partial charge in [-0.25, -0.2) is 9.59 Å². The molecule has 164 valence electrons. The number of carboxylic acids is 1. The van der Waals surface area contributed by atoms with E-state index in [9.17, 15) is 24.3 Å². The fourth-order valence-corrected chi connectivity index (χ4v) is 5.07. The number of hydrogen-bond acceptors (Lipinski definition) is 6. The molecule has 2 aromatic rings. The summed E-state index contributed by atoms with van der Waals surface area (Å²) >= 11 is 1.18. The minimum Gasteiger partial charge on any atom is -0.478 e. The second kappa shape index (κ2) is 8.88. The van der Waals surface area contributed by atoms with Crippen LogP contribution in [0, 0.1) is 0 Å². The maximum Gasteiger partial charge on any atom is 0.356 e. The van der Waals surface area contributed by atoms with Gasteiger partial charge in [-0.15, -0.1) is 11.8 Å². The van der Waals surface area contributed by atoms with Crippen LogP contribution in [-0.4, -0.2) is 50.9 Å². The van der Waals surface area contributed by atoms with E-state index in [0.29, 0.717) is 11.1 Å². The van der Waals surface area contributed by atoms with E-state index in [2.05, 4.69) is 5.32 Å². The summed E-state index contributed by atoms with van der Waals surface area (Å²) in [6.07, 6.45) is -0.789. The van der Waals surface area contributed by atoms with Gasteiger partial charge < -0.3 is 15.2 Å². The van der Waals surface area contributed by atoms with E-state index in [-0.39, 0.29) is 22.9 Å². The number of fused-ring (bicyclic) bond motifs is 1. The number of esters is 1. The zero-order valence-electron chi connectivity index (χ0n) is 17.1. The molecule has 2 aliphatic heterocycles. The summed E-state index contributed by atoms with van der Waals surface area (Å²) < 4.78 is 5.81. The van der Waals surface area contributed by atoms with Gasteiger partial charge in [0.05, 0.1) is 5.57 Å². The monoisotopic (exact) mass is 452 g/mol. The zero-order chi connectivity index (χ0) is 22.8. The lowest BCUT2D eigenvalue weighted by Crippen LogP contribution is -2.70. The van der Waals surface area contributed by atoms with Gasteiger partial charge in [0.1, 0.15) is 17.1 Å². The van der Waals surface area contributed by atoms with Crippen molar-refractivity contribution in [3.8, 4) is 0 Å². The Labute approximate surface area is 188 Å². The van der Waals surface area contributed by atoms with Gasteiger partial charge >= 0.3 is 11.9 Å². The lowest BCUT2D eigenvalue weighted by atomic mass is 10.0. The summed E-state index contributed by atoms with van der Waals surface area (Å²) in [5.41, 5.74) is 0.921. The van der Waals surface area contributed by atoms with Crippen molar-refractivity contribution in [2.24, 2.45) is 0 Å². The van der Waals surface area contributed by atoms with Crippen LogP contribution in [-0.2, 0) is 23.9 Å². The third-order valence-corrected chi connectivity index (χ3v) is 6.49. The second-order valence-electron chi connectivity index (χ2n) is 7.33. The van der Waals surface area contributed by atoms with E-state index in [0.717, 1.165) is 4.90 Å². The molecule has 4 rings (SSSR count). The van der Waals surface area contributed by atoms with Crippen molar-refractivity contribution in [3.05, 3.63) is 83.1 Å². The molecule has 0 aromatic heterocycles. The number of ether oxygens (including phenoxy) is 1. The van der Waals surface area contributed by atoms with Crippen molar-refractivity contribution in [1.29, 1.82) is 0 Å². The maximum absolute atomic E-state index is 13.3. The number of aliphatic carboxylic acids is 1. The Morgan fingerprint density at radius 2 is 1.62 bits per heavy atom. The molecule has 1 fully saturated rings. The predicted octanol–water partition coefficient (Wildman–Crippen LogP) is 2.08. The van der Waals surface area contributed by atoms with Crippen LogP contribution in [0.4, 0.5) is 0 Å². The Morgan fingerprint density at radius 1 is 1.06 bits per heavy atom. The molecule has 2 amide bonds. The number of thioether (sulfide) groups is 1. The minimum atomic E-state index is -1.30. The SMILES string of the molecule is CC(=O)NC1C(=O)N2C(C(=O)OC(c3ccccc3)c3ccccc3)=C(C(=O)O)CS[C@H]12. The van der Waals surface area contributed by atoms with Crippen LogP contribution in [0.1, 0.15) is 24.2 Å². The van der Waals surface area contributed by atoms with Gasteiger partial charge in [-0.2, -0.15) is 0 Å². The number of nitrogens with one attached hydrogen (secondary N) is 1. The van der Waals surface area contributed by atoms with Crippen LogP contribution in [0.5, 0.6) is 0 Å². The lowest BCUT2D eigenvalue weighted by molar-refractivity contribution is -0.155. The smallest absolute Gasteiger partial charge is 0.356 e. The fourth-order valence-electron chi connectivity index (χ4n) is 3.74. The van der Waals surface area contributed by atoms with Gasteiger partial charge in [0, 0.05) is 12.7 Å². The standard InChI is InChI=1S/C23H20N2O6S/c1-13(26)24-17-20(27)25-18(16(22(28)29)12-32-21(17)25)23(30)31-19(14-8-4-2-5-9-14)15-10-6-3-7-11-15/h2-11,17,19,21H,12H2,1H3,(H,24,26)(H,28,29)/t17?,21-/m1/s1. The van der Waals surface area contributed by atoms with Gasteiger partial charge in [0.15, 0.2) is 6.10 Å². The van der Waals surface area contributed by atoms with Crippen LogP contribution < -0.4 is 5.32 Å². The van der Waals surface area contributed by atoms with E-state index < -0.39 is 35.4 Å². The predicted molar refractivity (Wildman–Crippen MR) is 116 cm³/mol. The second-order valence-corrected chi connectivity index (χ2v) is 8.43. The number of nitrogens with zero attached hydrogens (tertiary/aromatic N) is 1. The average Bonchev–Trinajstić information content (AvgIpc) is 2.80. The number of carbonyl (C=O) groups excluding carboxylic acids is 3. The van der Waals surface area contributed by atoms with Crippen molar-refractivity contribution in [1.82, 2.24) is 10.2 Å². The molecule has 2 heterocycles. The van der Waals surface area contributed by atoms with Gasteiger partial charge in [-0.05, 0) is 11.1 Å². The minimum absolute atomic E-state index is 0.00559. The highest BCUT2D eigenvalue weighted by Gasteiger charge is 2.55. The summed E-state index contributed by atoms with van der Waals surface area (Å²) in [6.45, 7) is 1.29. The summed E-state index contributed by atoms with van der Waals surface area (Å²) in [5, 5.41) is 11.7. The van der Waals surface area contributed by atoms with Crippen molar-refractivity contribution in [2.75, 3.05) is 5.75 Å². The summed E-state index contributed by atoms with van der Waals surface area (Å²) in [6, 6.07) is 17.3. The molecule has 0 spiro atoms. The van der Waals surface area contributed by atoms with E-state index in [4.69, 9.17) is 4.74 Å². The quantitative estimate of drug-likeness (QED) is 0.510. The first-order chi connectivity index (χ1) is 15.4. The van der Waals surface area contributed by atoms with E-state index in [1.807, 2.05) is 36.4 Å². The van der Waals surface area contributed by atoms with Crippen LogP contribution in [0.2, 0.25) is 0 Å². The van der Waals surface area contributed by atoms with Crippen molar-refractivity contribution < 1.29 is 29.0 Å². The Kier molecular flexibility index (Phi) is 6.00. The molecule has 1 saturated heterocycles. The molecule has 9 heteroatoms. The molecule has 0 radical (unpaired) electrons. The normalized spacial score (nSPS) is 19.8. The first kappa shape index (κ1) is 21.6. The molecule has 8 nitrogen and oxygen atoms in total. The first-order valence-electron chi connectivity index (χ1n) is 9.87. The molecule has 2 atom stereocenters. The Hall–Kier alpha value is -3.59. The molecular weight excluding hydrogens is 432 g/mol. The molecule has 0 aliphatic carbocycles.